The molecule has 0 aliphatic heterocycles. The maximum Gasteiger partial charge on any atom is 0.338 e. The molecular formula is C18H16ClN3O3. The number of ether oxygens (including phenoxy) is 1. The Kier molecular flexibility index (Phi) is 5.30. The van der Waals surface area contributed by atoms with Gasteiger partial charge < -0.3 is 14.5 Å². The van der Waals surface area contributed by atoms with Crippen LogP contribution in [0.1, 0.15) is 23.2 Å². The SMILES string of the molecule is CCOC(=O)c1ccc(NCc2nnc(-c3ccc(Cl)cc3)o2)cc1. The van der Waals surface area contributed by atoms with Crippen molar-refractivity contribution in [2.24, 2.45) is 0 Å². The van der Waals surface area contributed by atoms with Crippen molar-refractivity contribution in [3.63, 3.8) is 0 Å². The number of carbonyl (C=O) groups excluding carboxylic acids is 1. The van der Waals surface area contributed by atoms with E-state index in [1.165, 1.54) is 0 Å². The normalized spacial score (nSPS) is 10.5. The van der Waals surface area contributed by atoms with Crippen LogP contribution in [-0.4, -0.2) is 22.8 Å². The second-order valence-corrected chi connectivity index (χ2v) is 5.60. The standard InChI is InChI=1S/C18H16ClN3O3/c1-2-24-18(23)13-5-9-15(10-6-13)20-11-16-21-22-17(25-16)12-3-7-14(19)8-4-12/h3-10,20H,2,11H2,1H3. The van der Waals surface area contributed by atoms with Crippen LogP contribution in [0.25, 0.3) is 11.5 Å². The molecule has 0 radical (unpaired) electrons. The maximum absolute atomic E-state index is 11.6. The van der Waals surface area contributed by atoms with Crippen molar-refractivity contribution in [2.45, 2.75) is 13.5 Å². The monoisotopic (exact) mass is 357 g/mol. The van der Waals surface area contributed by atoms with Gasteiger partial charge in [0.25, 0.3) is 0 Å². The Bertz CT molecular complexity index is 845. The first-order valence-corrected chi connectivity index (χ1v) is 8.13. The molecule has 6 nitrogen and oxygen atoms in total. The van der Waals surface area contributed by atoms with E-state index < -0.39 is 0 Å². The molecule has 2 aromatic carbocycles. The molecule has 3 aromatic rings. The Balaban J connectivity index is 1.60. The Morgan fingerprint density at radius 1 is 1.12 bits per heavy atom. The third kappa shape index (κ3) is 4.36. The van der Waals surface area contributed by atoms with Gasteiger partial charge in [-0.2, -0.15) is 0 Å². The van der Waals surface area contributed by atoms with Gasteiger partial charge in [0, 0.05) is 16.3 Å². The number of rotatable bonds is 6. The predicted molar refractivity (Wildman–Crippen MR) is 94.5 cm³/mol. The zero-order chi connectivity index (χ0) is 17.6. The molecule has 0 saturated heterocycles. The van der Waals surface area contributed by atoms with Gasteiger partial charge in [-0.15, -0.1) is 10.2 Å². The zero-order valence-corrected chi connectivity index (χ0v) is 14.3. The predicted octanol–water partition coefficient (Wildman–Crippen LogP) is 4.18. The van der Waals surface area contributed by atoms with E-state index in [0.717, 1.165) is 11.3 Å². The van der Waals surface area contributed by atoms with Gasteiger partial charge >= 0.3 is 5.97 Å². The minimum atomic E-state index is -0.335. The first-order chi connectivity index (χ1) is 12.2. The zero-order valence-electron chi connectivity index (χ0n) is 13.5. The van der Waals surface area contributed by atoms with Crippen LogP contribution >= 0.6 is 11.6 Å². The molecule has 0 aliphatic carbocycles. The fraction of sp³-hybridized carbons (Fsp3) is 0.167. The summed E-state index contributed by atoms with van der Waals surface area (Å²) in [5.74, 6) is 0.559. The molecule has 0 amide bonds. The molecule has 1 aromatic heterocycles. The molecule has 0 spiro atoms. The Labute approximate surface area is 149 Å². The van der Waals surface area contributed by atoms with E-state index in [0.29, 0.717) is 35.5 Å². The summed E-state index contributed by atoms with van der Waals surface area (Å²) >= 11 is 5.86. The van der Waals surface area contributed by atoms with Crippen molar-refractivity contribution < 1.29 is 13.9 Å². The average molecular weight is 358 g/mol. The largest absolute Gasteiger partial charge is 0.462 e. The summed E-state index contributed by atoms with van der Waals surface area (Å²) < 4.78 is 10.6. The van der Waals surface area contributed by atoms with Crippen LogP contribution in [0, 0.1) is 0 Å². The first-order valence-electron chi connectivity index (χ1n) is 7.75. The van der Waals surface area contributed by atoms with Crippen LogP contribution in [0.3, 0.4) is 0 Å². The lowest BCUT2D eigenvalue weighted by molar-refractivity contribution is 0.0526. The van der Waals surface area contributed by atoms with Gasteiger partial charge in [-0.05, 0) is 55.5 Å². The maximum atomic E-state index is 11.6. The van der Waals surface area contributed by atoms with Crippen LogP contribution in [0.15, 0.2) is 52.9 Å². The van der Waals surface area contributed by atoms with Gasteiger partial charge in [0.05, 0.1) is 18.7 Å². The van der Waals surface area contributed by atoms with E-state index in [4.69, 9.17) is 20.8 Å². The van der Waals surface area contributed by atoms with Gasteiger partial charge in [-0.3, -0.25) is 0 Å². The number of aromatic nitrogens is 2. The molecule has 7 heteroatoms. The summed E-state index contributed by atoms with van der Waals surface area (Å²) in [6.07, 6.45) is 0. The number of hydrogen-bond donors (Lipinski definition) is 1. The summed E-state index contributed by atoms with van der Waals surface area (Å²) in [6.45, 7) is 2.50. The second-order valence-electron chi connectivity index (χ2n) is 5.16. The highest BCUT2D eigenvalue weighted by Crippen LogP contribution is 2.20. The van der Waals surface area contributed by atoms with E-state index in [1.54, 1.807) is 43.3 Å². The lowest BCUT2D eigenvalue weighted by atomic mass is 10.2. The second kappa shape index (κ2) is 7.81. The van der Waals surface area contributed by atoms with Crippen molar-refractivity contribution in [1.29, 1.82) is 0 Å². The molecule has 0 fully saturated rings. The number of nitrogens with zero attached hydrogens (tertiary/aromatic N) is 2. The highest BCUT2D eigenvalue weighted by molar-refractivity contribution is 6.30. The molecule has 0 aliphatic rings. The van der Waals surface area contributed by atoms with E-state index in [9.17, 15) is 4.79 Å². The van der Waals surface area contributed by atoms with Gasteiger partial charge in [-0.1, -0.05) is 11.6 Å². The number of halogens is 1. The number of hydrogen-bond acceptors (Lipinski definition) is 6. The minimum Gasteiger partial charge on any atom is -0.462 e. The van der Waals surface area contributed by atoms with Gasteiger partial charge in [-0.25, -0.2) is 4.79 Å². The van der Waals surface area contributed by atoms with E-state index in [-0.39, 0.29) is 5.97 Å². The smallest absolute Gasteiger partial charge is 0.338 e. The highest BCUT2D eigenvalue weighted by Gasteiger charge is 2.09. The van der Waals surface area contributed by atoms with Gasteiger partial charge in [0.1, 0.15) is 0 Å². The number of carbonyl (C=O) groups is 1. The first kappa shape index (κ1) is 17.0. The molecule has 3 rings (SSSR count). The summed E-state index contributed by atoms with van der Waals surface area (Å²) in [5.41, 5.74) is 2.15. The van der Waals surface area contributed by atoms with Crippen molar-refractivity contribution in [3.05, 3.63) is 65.0 Å². The summed E-state index contributed by atoms with van der Waals surface area (Å²) in [4.78, 5) is 11.6. The molecule has 25 heavy (non-hydrogen) atoms. The summed E-state index contributed by atoms with van der Waals surface area (Å²) in [5, 5.41) is 11.9. The summed E-state index contributed by atoms with van der Waals surface area (Å²) in [7, 11) is 0. The molecule has 1 N–H and O–H groups in total. The summed E-state index contributed by atoms with van der Waals surface area (Å²) in [6, 6.07) is 14.2. The molecule has 0 unspecified atom stereocenters. The average Bonchev–Trinajstić information content (AvgIpc) is 3.10. The quantitative estimate of drug-likeness (QED) is 0.667. The van der Waals surface area contributed by atoms with Gasteiger partial charge in [0.2, 0.25) is 11.8 Å². The highest BCUT2D eigenvalue weighted by atomic mass is 35.5. The molecule has 0 bridgehead atoms. The number of benzene rings is 2. The van der Waals surface area contributed by atoms with Crippen molar-refractivity contribution in [3.8, 4) is 11.5 Å². The lowest BCUT2D eigenvalue weighted by Crippen LogP contribution is -2.05. The van der Waals surface area contributed by atoms with Crippen molar-refractivity contribution >= 4 is 23.3 Å². The lowest BCUT2D eigenvalue weighted by Gasteiger charge is -2.05. The van der Waals surface area contributed by atoms with Crippen molar-refractivity contribution in [2.75, 3.05) is 11.9 Å². The Hall–Kier alpha value is -2.86. The fourth-order valence-corrected chi connectivity index (χ4v) is 2.28. The topological polar surface area (TPSA) is 77.2 Å². The third-order valence-electron chi connectivity index (χ3n) is 3.40. The van der Waals surface area contributed by atoms with Crippen LogP contribution in [0.5, 0.6) is 0 Å². The third-order valence-corrected chi connectivity index (χ3v) is 3.65. The van der Waals surface area contributed by atoms with Gasteiger partial charge in [0.15, 0.2) is 0 Å². The number of anilines is 1. The van der Waals surface area contributed by atoms with Crippen LogP contribution in [0.2, 0.25) is 5.02 Å². The van der Waals surface area contributed by atoms with Crippen LogP contribution in [-0.2, 0) is 11.3 Å². The molecule has 128 valence electrons. The molecule has 0 saturated carbocycles. The minimum absolute atomic E-state index is 0.335. The van der Waals surface area contributed by atoms with E-state index in [2.05, 4.69) is 15.5 Å². The Morgan fingerprint density at radius 3 is 2.52 bits per heavy atom. The molecular weight excluding hydrogens is 342 g/mol. The molecule has 1 heterocycles. The van der Waals surface area contributed by atoms with E-state index >= 15 is 0 Å². The number of nitrogens with one attached hydrogen (secondary N) is 1. The van der Waals surface area contributed by atoms with Crippen LogP contribution in [0.4, 0.5) is 5.69 Å². The van der Waals surface area contributed by atoms with E-state index in [1.807, 2.05) is 12.1 Å². The fourth-order valence-electron chi connectivity index (χ4n) is 2.15. The van der Waals surface area contributed by atoms with Crippen LogP contribution < -0.4 is 5.32 Å². The Morgan fingerprint density at radius 2 is 1.84 bits per heavy atom. The van der Waals surface area contributed by atoms with Crippen molar-refractivity contribution in [1.82, 2.24) is 10.2 Å². The number of esters is 1. The molecule has 0 atom stereocenters.